The molecule has 0 spiro atoms. The largest absolute Gasteiger partial charge is 0.482 e. The molecular weight excluding hydrogens is 380 g/mol. The maximum atomic E-state index is 12.8. The number of carbonyl (C=O) groups is 1. The first-order valence-electron chi connectivity index (χ1n) is 8.69. The van der Waals surface area contributed by atoms with Gasteiger partial charge < -0.3 is 14.8 Å². The van der Waals surface area contributed by atoms with Gasteiger partial charge in [0, 0.05) is 31.3 Å². The molecule has 1 aliphatic heterocycles. The fraction of sp³-hybridized carbons (Fsp3) is 0.588. The molecule has 0 aliphatic carbocycles. The number of carbonyl (C=O) groups excluding carboxylic acids is 1. The number of amides is 1. The SMILES string of the molecule is CCN(CC)S(=O)(=O)c1cc(Cl)ccc1OCC(=O)NCC1CCCO1. The van der Waals surface area contributed by atoms with E-state index in [0.29, 0.717) is 26.2 Å². The number of nitrogens with zero attached hydrogens (tertiary/aromatic N) is 1. The van der Waals surface area contributed by atoms with Crippen molar-refractivity contribution in [3.05, 3.63) is 23.2 Å². The summed E-state index contributed by atoms with van der Waals surface area (Å²) in [5, 5.41) is 3.02. The van der Waals surface area contributed by atoms with Crippen molar-refractivity contribution in [1.82, 2.24) is 9.62 Å². The van der Waals surface area contributed by atoms with Gasteiger partial charge in [0.05, 0.1) is 6.10 Å². The molecule has 0 radical (unpaired) electrons. The highest BCUT2D eigenvalue weighted by Gasteiger charge is 2.26. The minimum Gasteiger partial charge on any atom is -0.482 e. The van der Waals surface area contributed by atoms with E-state index in [4.69, 9.17) is 21.1 Å². The second kappa shape index (κ2) is 9.55. The summed E-state index contributed by atoms with van der Waals surface area (Å²) in [6.45, 7) is 5.02. The number of ether oxygens (including phenoxy) is 2. The van der Waals surface area contributed by atoms with Crippen LogP contribution in [0.3, 0.4) is 0 Å². The normalized spacial score (nSPS) is 17.5. The van der Waals surface area contributed by atoms with Crippen LogP contribution in [0.2, 0.25) is 5.02 Å². The van der Waals surface area contributed by atoms with Crippen LogP contribution in [-0.2, 0) is 19.6 Å². The third kappa shape index (κ3) is 5.33. The number of halogens is 1. The molecule has 7 nitrogen and oxygen atoms in total. The Balaban J connectivity index is 2.05. The molecule has 2 rings (SSSR count). The first kappa shape index (κ1) is 21.0. The average molecular weight is 405 g/mol. The zero-order valence-corrected chi connectivity index (χ0v) is 16.6. The van der Waals surface area contributed by atoms with Gasteiger partial charge in [0.25, 0.3) is 5.91 Å². The van der Waals surface area contributed by atoms with E-state index < -0.39 is 10.0 Å². The van der Waals surface area contributed by atoms with E-state index in [9.17, 15) is 13.2 Å². The monoisotopic (exact) mass is 404 g/mol. The second-order valence-corrected chi connectivity index (χ2v) is 8.25. The lowest BCUT2D eigenvalue weighted by Crippen LogP contribution is -2.35. The number of nitrogens with one attached hydrogen (secondary N) is 1. The number of benzene rings is 1. The molecule has 0 saturated carbocycles. The maximum Gasteiger partial charge on any atom is 0.258 e. The summed E-state index contributed by atoms with van der Waals surface area (Å²) >= 11 is 5.97. The molecule has 0 bridgehead atoms. The van der Waals surface area contributed by atoms with E-state index in [1.807, 2.05) is 0 Å². The van der Waals surface area contributed by atoms with E-state index in [2.05, 4.69) is 5.32 Å². The quantitative estimate of drug-likeness (QED) is 0.680. The van der Waals surface area contributed by atoms with Gasteiger partial charge in [-0.1, -0.05) is 25.4 Å². The molecule has 26 heavy (non-hydrogen) atoms. The average Bonchev–Trinajstić information content (AvgIpc) is 3.13. The van der Waals surface area contributed by atoms with Crippen molar-refractivity contribution in [3.8, 4) is 5.75 Å². The van der Waals surface area contributed by atoms with Gasteiger partial charge in [-0.25, -0.2) is 8.42 Å². The summed E-state index contributed by atoms with van der Waals surface area (Å²) in [5.41, 5.74) is 0. The highest BCUT2D eigenvalue weighted by molar-refractivity contribution is 7.89. The van der Waals surface area contributed by atoms with Crippen LogP contribution >= 0.6 is 11.6 Å². The molecule has 9 heteroatoms. The Labute approximate surface area is 159 Å². The molecule has 0 aromatic heterocycles. The lowest BCUT2D eigenvalue weighted by molar-refractivity contribution is -0.123. The van der Waals surface area contributed by atoms with Crippen LogP contribution in [0.15, 0.2) is 23.1 Å². The molecule has 1 aromatic rings. The van der Waals surface area contributed by atoms with Crippen LogP contribution in [0.4, 0.5) is 0 Å². The smallest absolute Gasteiger partial charge is 0.258 e. The molecule has 1 atom stereocenters. The number of rotatable bonds is 9. The van der Waals surface area contributed by atoms with E-state index in [0.717, 1.165) is 12.8 Å². The van der Waals surface area contributed by atoms with Crippen molar-refractivity contribution in [1.29, 1.82) is 0 Å². The van der Waals surface area contributed by atoms with Gasteiger partial charge in [0.15, 0.2) is 6.61 Å². The molecule has 146 valence electrons. The standard InChI is InChI=1S/C17H25ClN2O5S/c1-3-20(4-2)26(22,23)16-10-13(18)7-8-15(16)25-12-17(21)19-11-14-6-5-9-24-14/h7-8,10,14H,3-6,9,11-12H2,1-2H3,(H,19,21). The van der Waals surface area contributed by atoms with Crippen LogP contribution in [0.5, 0.6) is 5.75 Å². The van der Waals surface area contributed by atoms with Gasteiger partial charge >= 0.3 is 0 Å². The molecule has 1 aliphatic rings. The van der Waals surface area contributed by atoms with Crippen molar-refractivity contribution >= 4 is 27.5 Å². The van der Waals surface area contributed by atoms with E-state index in [1.165, 1.54) is 22.5 Å². The summed E-state index contributed by atoms with van der Waals surface area (Å²) in [4.78, 5) is 11.9. The molecule has 1 N–H and O–H groups in total. The van der Waals surface area contributed by atoms with Crippen molar-refractivity contribution in [2.24, 2.45) is 0 Å². The highest BCUT2D eigenvalue weighted by atomic mass is 35.5. The van der Waals surface area contributed by atoms with Gasteiger partial charge in [-0.15, -0.1) is 0 Å². The van der Waals surface area contributed by atoms with Crippen molar-refractivity contribution in [3.63, 3.8) is 0 Å². The van der Waals surface area contributed by atoms with Crippen LogP contribution in [0, 0.1) is 0 Å². The third-order valence-electron chi connectivity index (χ3n) is 4.14. The Morgan fingerprint density at radius 3 is 2.73 bits per heavy atom. The minimum absolute atomic E-state index is 0.0353. The van der Waals surface area contributed by atoms with Crippen LogP contribution in [0.1, 0.15) is 26.7 Å². The molecule has 1 unspecified atom stereocenters. The summed E-state index contributed by atoms with van der Waals surface area (Å²) < 4.78 is 37.8. The van der Waals surface area contributed by atoms with E-state index in [1.54, 1.807) is 13.8 Å². The Morgan fingerprint density at radius 1 is 1.38 bits per heavy atom. The van der Waals surface area contributed by atoms with Crippen LogP contribution < -0.4 is 10.1 Å². The van der Waals surface area contributed by atoms with Crippen LogP contribution in [-0.4, -0.2) is 57.6 Å². The summed E-state index contributed by atoms with van der Waals surface area (Å²) in [6, 6.07) is 4.34. The van der Waals surface area contributed by atoms with Gasteiger partial charge in [0.1, 0.15) is 10.6 Å². The second-order valence-electron chi connectivity index (χ2n) is 5.91. The third-order valence-corrected chi connectivity index (χ3v) is 6.44. The van der Waals surface area contributed by atoms with E-state index >= 15 is 0 Å². The molecule has 1 fully saturated rings. The van der Waals surface area contributed by atoms with Crippen molar-refractivity contribution in [2.45, 2.75) is 37.7 Å². The zero-order valence-electron chi connectivity index (χ0n) is 15.0. The number of hydrogen-bond donors (Lipinski definition) is 1. The fourth-order valence-electron chi connectivity index (χ4n) is 2.73. The molecule has 1 saturated heterocycles. The predicted molar refractivity (Wildman–Crippen MR) is 99.0 cm³/mol. The minimum atomic E-state index is -3.76. The first-order chi connectivity index (χ1) is 12.4. The Hall–Kier alpha value is -1.35. The lowest BCUT2D eigenvalue weighted by Gasteiger charge is -2.20. The number of sulfonamides is 1. The molecule has 1 aromatic carbocycles. The lowest BCUT2D eigenvalue weighted by atomic mass is 10.2. The van der Waals surface area contributed by atoms with Gasteiger partial charge in [-0.2, -0.15) is 4.31 Å². The summed E-state index contributed by atoms with van der Waals surface area (Å²) in [6.07, 6.45) is 1.95. The first-order valence-corrected chi connectivity index (χ1v) is 10.5. The van der Waals surface area contributed by atoms with Gasteiger partial charge in [-0.05, 0) is 31.0 Å². The molecular formula is C17H25ClN2O5S. The maximum absolute atomic E-state index is 12.8. The van der Waals surface area contributed by atoms with Crippen LogP contribution in [0.25, 0.3) is 0 Å². The summed E-state index contributed by atoms with van der Waals surface area (Å²) in [7, 11) is -3.76. The summed E-state index contributed by atoms with van der Waals surface area (Å²) in [5.74, 6) is -0.227. The highest BCUT2D eigenvalue weighted by Crippen LogP contribution is 2.29. The predicted octanol–water partition coefficient (Wildman–Crippen LogP) is 2.04. The topological polar surface area (TPSA) is 84.9 Å². The van der Waals surface area contributed by atoms with Gasteiger partial charge in [-0.3, -0.25) is 4.79 Å². The Morgan fingerprint density at radius 2 is 2.12 bits per heavy atom. The zero-order chi connectivity index (χ0) is 19.2. The van der Waals surface area contributed by atoms with Crippen molar-refractivity contribution < 1.29 is 22.7 Å². The number of hydrogen-bond acceptors (Lipinski definition) is 5. The van der Waals surface area contributed by atoms with Gasteiger partial charge in [0.2, 0.25) is 10.0 Å². The Bertz CT molecular complexity index is 716. The molecule has 1 amide bonds. The van der Waals surface area contributed by atoms with E-state index in [-0.39, 0.29) is 34.3 Å². The Kier molecular flexibility index (Phi) is 7.69. The fourth-order valence-corrected chi connectivity index (χ4v) is 4.58. The molecule has 1 heterocycles. The van der Waals surface area contributed by atoms with Crippen molar-refractivity contribution in [2.75, 3.05) is 32.8 Å².